The van der Waals surface area contributed by atoms with E-state index in [2.05, 4.69) is 5.32 Å². The van der Waals surface area contributed by atoms with Gasteiger partial charge in [0.15, 0.2) is 0 Å². The number of nitrogens with one attached hydrogen (secondary N) is 2. The van der Waals surface area contributed by atoms with Crippen molar-refractivity contribution in [3.63, 3.8) is 0 Å². The van der Waals surface area contributed by atoms with Gasteiger partial charge in [0.25, 0.3) is 0 Å². The zero-order valence-corrected chi connectivity index (χ0v) is 6.56. The van der Waals surface area contributed by atoms with E-state index in [1.54, 1.807) is 0 Å². The predicted molar refractivity (Wildman–Crippen MR) is 40.1 cm³/mol. The van der Waals surface area contributed by atoms with Crippen LogP contribution in [0, 0.1) is 5.41 Å². The van der Waals surface area contributed by atoms with Crippen LogP contribution in [0.25, 0.3) is 0 Å². The molecule has 0 radical (unpaired) electrons. The molecule has 0 spiro atoms. The van der Waals surface area contributed by atoms with Crippen LogP contribution in [0.1, 0.15) is 6.92 Å². The van der Waals surface area contributed by atoms with Gasteiger partial charge in [-0.3, -0.25) is 10.2 Å². The fourth-order valence-corrected chi connectivity index (χ4v) is 0.568. The maximum atomic E-state index is 10.4. The molecule has 1 amide bonds. The monoisotopic (exact) mass is 143 g/mol. The average molecular weight is 143 g/mol. The van der Waals surface area contributed by atoms with Crippen LogP contribution in [0.2, 0.25) is 0 Å². The Balaban J connectivity index is 3.54. The Morgan fingerprint density at radius 3 is 2.40 bits per heavy atom. The van der Waals surface area contributed by atoms with Crippen LogP contribution in [0.3, 0.4) is 0 Å². The summed E-state index contributed by atoms with van der Waals surface area (Å²) in [6, 6.07) is 0. The third kappa shape index (κ3) is 5.24. The van der Waals surface area contributed by atoms with Gasteiger partial charge in [-0.1, -0.05) is 0 Å². The van der Waals surface area contributed by atoms with Crippen molar-refractivity contribution in [3.8, 4) is 0 Å². The van der Waals surface area contributed by atoms with Gasteiger partial charge >= 0.3 is 0 Å². The molecule has 0 aliphatic heterocycles. The lowest BCUT2D eigenvalue weighted by Crippen LogP contribution is -2.35. The zero-order chi connectivity index (χ0) is 8.15. The minimum absolute atomic E-state index is 0.188. The van der Waals surface area contributed by atoms with Crippen molar-refractivity contribution in [1.29, 1.82) is 5.41 Å². The van der Waals surface area contributed by atoms with Crippen LogP contribution in [-0.2, 0) is 4.79 Å². The molecule has 0 aliphatic carbocycles. The minimum atomic E-state index is -0.188. The van der Waals surface area contributed by atoms with Gasteiger partial charge in [0, 0.05) is 6.92 Å². The number of likely N-dealkylation sites (N-methyl/N-ethyl adjacent to an activating group) is 1. The van der Waals surface area contributed by atoms with Crippen molar-refractivity contribution in [2.75, 3.05) is 20.6 Å². The lowest BCUT2D eigenvalue weighted by Gasteiger charge is -2.09. The van der Waals surface area contributed by atoms with E-state index in [0.29, 0.717) is 6.54 Å². The first-order valence-electron chi connectivity index (χ1n) is 3.02. The Labute approximate surface area is 60.7 Å². The van der Waals surface area contributed by atoms with E-state index < -0.39 is 0 Å². The van der Waals surface area contributed by atoms with Gasteiger partial charge in [-0.25, -0.2) is 0 Å². The number of hydrogen-bond acceptors (Lipinski definition) is 3. The Bertz CT molecular complexity index is 142. The van der Waals surface area contributed by atoms with Crippen LogP contribution < -0.4 is 5.32 Å². The van der Waals surface area contributed by atoms with E-state index in [9.17, 15) is 4.79 Å². The van der Waals surface area contributed by atoms with Crippen LogP contribution in [0.5, 0.6) is 0 Å². The lowest BCUT2D eigenvalue weighted by molar-refractivity contribution is -0.117. The highest BCUT2D eigenvalue weighted by Crippen LogP contribution is 1.74. The molecule has 0 fully saturated rings. The molecular formula is C6H13N3O. The number of nitrogens with zero attached hydrogens (tertiary/aromatic N) is 1. The third-order valence-electron chi connectivity index (χ3n) is 0.801. The van der Waals surface area contributed by atoms with Crippen molar-refractivity contribution in [2.24, 2.45) is 0 Å². The van der Waals surface area contributed by atoms with Gasteiger partial charge in [0.2, 0.25) is 5.91 Å². The van der Waals surface area contributed by atoms with Gasteiger partial charge in [-0.2, -0.15) is 0 Å². The molecule has 0 aliphatic rings. The van der Waals surface area contributed by atoms with E-state index in [-0.39, 0.29) is 11.7 Å². The summed E-state index contributed by atoms with van der Waals surface area (Å²) in [6.45, 7) is 1.86. The molecule has 10 heavy (non-hydrogen) atoms. The fourth-order valence-electron chi connectivity index (χ4n) is 0.568. The summed E-state index contributed by atoms with van der Waals surface area (Å²) < 4.78 is 0. The van der Waals surface area contributed by atoms with Crippen molar-refractivity contribution in [1.82, 2.24) is 10.2 Å². The van der Waals surface area contributed by atoms with Crippen molar-refractivity contribution >= 4 is 11.7 Å². The molecule has 0 saturated carbocycles. The number of rotatable bonds is 2. The molecule has 0 aromatic carbocycles. The Morgan fingerprint density at radius 1 is 1.60 bits per heavy atom. The molecule has 0 rings (SSSR count). The number of carbonyl (C=O) groups excluding carboxylic acids is 1. The average Bonchev–Trinajstić information content (AvgIpc) is 1.58. The summed E-state index contributed by atoms with van der Waals surface area (Å²) in [5.74, 6) is 0.0457. The second kappa shape index (κ2) is 4.00. The van der Waals surface area contributed by atoms with E-state index >= 15 is 0 Å². The first-order valence-corrected chi connectivity index (χ1v) is 3.02. The summed E-state index contributed by atoms with van der Waals surface area (Å²) in [6.07, 6.45) is 0. The number of carbonyl (C=O) groups is 1. The van der Waals surface area contributed by atoms with Crippen LogP contribution in [0.4, 0.5) is 0 Å². The first-order chi connectivity index (χ1) is 4.52. The van der Waals surface area contributed by atoms with Crippen molar-refractivity contribution in [2.45, 2.75) is 6.92 Å². The van der Waals surface area contributed by atoms with Crippen LogP contribution >= 0.6 is 0 Å². The molecule has 0 aromatic rings. The standard InChI is InChI=1S/C6H13N3O/c1-5(10)8-6(7)4-9(2)3/h4H2,1-3H3,(H2,7,8,10). The second-order valence-electron chi connectivity index (χ2n) is 2.40. The highest BCUT2D eigenvalue weighted by molar-refractivity contribution is 5.96. The quantitative estimate of drug-likeness (QED) is 0.410. The highest BCUT2D eigenvalue weighted by atomic mass is 16.1. The molecule has 0 saturated heterocycles. The van der Waals surface area contributed by atoms with Crippen molar-refractivity contribution in [3.05, 3.63) is 0 Å². The van der Waals surface area contributed by atoms with Gasteiger partial charge in [0.1, 0.15) is 5.84 Å². The van der Waals surface area contributed by atoms with Crippen LogP contribution in [0.15, 0.2) is 0 Å². The van der Waals surface area contributed by atoms with E-state index in [1.165, 1.54) is 6.92 Å². The molecule has 0 bridgehead atoms. The minimum Gasteiger partial charge on any atom is -0.314 e. The number of amides is 1. The Morgan fingerprint density at radius 2 is 2.10 bits per heavy atom. The number of amidine groups is 1. The van der Waals surface area contributed by atoms with E-state index in [1.807, 2.05) is 19.0 Å². The third-order valence-corrected chi connectivity index (χ3v) is 0.801. The Hall–Kier alpha value is -0.900. The normalized spacial score (nSPS) is 9.60. The maximum absolute atomic E-state index is 10.4. The molecule has 0 unspecified atom stereocenters. The molecule has 58 valence electrons. The van der Waals surface area contributed by atoms with Gasteiger partial charge in [0.05, 0.1) is 6.54 Å². The summed E-state index contributed by atoms with van der Waals surface area (Å²) >= 11 is 0. The molecule has 0 aromatic heterocycles. The second-order valence-corrected chi connectivity index (χ2v) is 2.40. The molecular weight excluding hydrogens is 130 g/mol. The topological polar surface area (TPSA) is 56.2 Å². The van der Waals surface area contributed by atoms with Gasteiger partial charge < -0.3 is 10.2 Å². The summed E-state index contributed by atoms with van der Waals surface area (Å²) in [7, 11) is 3.69. The van der Waals surface area contributed by atoms with E-state index in [4.69, 9.17) is 5.41 Å². The molecule has 0 heterocycles. The smallest absolute Gasteiger partial charge is 0.222 e. The van der Waals surface area contributed by atoms with Crippen LogP contribution in [-0.4, -0.2) is 37.3 Å². The molecule has 0 atom stereocenters. The lowest BCUT2D eigenvalue weighted by atomic mass is 10.5. The molecule has 2 N–H and O–H groups in total. The Kier molecular flexibility index (Phi) is 3.64. The largest absolute Gasteiger partial charge is 0.314 e. The maximum Gasteiger partial charge on any atom is 0.222 e. The summed E-state index contributed by atoms with van der Waals surface area (Å²) in [5.41, 5.74) is 0. The summed E-state index contributed by atoms with van der Waals surface area (Å²) in [5, 5.41) is 9.55. The van der Waals surface area contributed by atoms with Gasteiger partial charge in [-0.05, 0) is 14.1 Å². The molecule has 4 heteroatoms. The molecule has 4 nitrogen and oxygen atoms in total. The van der Waals surface area contributed by atoms with Gasteiger partial charge in [-0.15, -0.1) is 0 Å². The first kappa shape index (κ1) is 9.10. The predicted octanol–water partition coefficient (Wildman–Crippen LogP) is -0.339. The van der Waals surface area contributed by atoms with Crippen molar-refractivity contribution < 1.29 is 4.79 Å². The highest BCUT2D eigenvalue weighted by Gasteiger charge is 1.98. The fraction of sp³-hybridized carbons (Fsp3) is 0.667. The summed E-state index contributed by atoms with van der Waals surface area (Å²) in [4.78, 5) is 12.2. The SMILES string of the molecule is CC(=O)NC(=N)CN(C)C. The zero-order valence-electron chi connectivity index (χ0n) is 6.56. The number of hydrogen-bond donors (Lipinski definition) is 2. The van der Waals surface area contributed by atoms with E-state index in [0.717, 1.165) is 0 Å².